The number of halogens is 2. The Hall–Kier alpha value is -2.15. The summed E-state index contributed by atoms with van der Waals surface area (Å²) in [4.78, 5) is 48.5. The van der Waals surface area contributed by atoms with Crippen molar-refractivity contribution in [2.75, 3.05) is 23.8 Å². The molecule has 4 heterocycles. The van der Waals surface area contributed by atoms with Crippen molar-refractivity contribution in [3.63, 3.8) is 0 Å². The molecule has 2 aliphatic heterocycles. The first-order valence-corrected chi connectivity index (χ1v) is 13.8. The van der Waals surface area contributed by atoms with Gasteiger partial charge in [-0.2, -0.15) is 0 Å². The zero-order chi connectivity index (χ0) is 25.1. The van der Waals surface area contributed by atoms with Gasteiger partial charge >= 0.3 is 5.97 Å². The minimum atomic E-state index is -1.20. The van der Waals surface area contributed by atoms with Gasteiger partial charge in [0.25, 0.3) is 11.8 Å². The molecule has 0 aliphatic carbocycles. The van der Waals surface area contributed by atoms with Crippen molar-refractivity contribution in [1.29, 1.82) is 0 Å². The second-order valence-electron chi connectivity index (χ2n) is 7.27. The molecule has 2 aromatic rings. The van der Waals surface area contributed by atoms with Crippen molar-refractivity contribution in [2.24, 2.45) is 10.9 Å². The van der Waals surface area contributed by atoms with Crippen LogP contribution in [-0.4, -0.2) is 84.3 Å². The number of amides is 2. The number of nitrogens with one attached hydrogen (secondary N) is 1. The van der Waals surface area contributed by atoms with Gasteiger partial charge < -0.3 is 26.7 Å². The van der Waals surface area contributed by atoms with Crippen LogP contribution in [0.3, 0.4) is 0 Å². The molecule has 0 bridgehead atoms. The first-order chi connectivity index (χ1) is 16.8. The molecule has 1 fully saturated rings. The van der Waals surface area contributed by atoms with Crippen LogP contribution in [-0.2, 0) is 19.2 Å². The van der Waals surface area contributed by atoms with E-state index in [4.69, 9.17) is 16.3 Å². The second-order valence-corrected chi connectivity index (χ2v) is 11.3. The highest BCUT2D eigenvalue weighted by molar-refractivity contribution is 8.01. The number of thiazole rings is 1. The van der Waals surface area contributed by atoms with E-state index in [1.165, 1.54) is 39.8 Å². The summed E-state index contributed by atoms with van der Waals surface area (Å²) in [5.74, 6) is -1.69. The number of thioether (sulfide) groups is 2. The Kier molecular flexibility index (Phi) is 11.4. The highest BCUT2D eigenvalue weighted by atomic mass is 35.5. The molecule has 4 rings (SSSR count). The lowest BCUT2D eigenvalue weighted by Gasteiger charge is -2.49. The molecule has 19 heteroatoms. The number of nitrogen functional groups attached to an aromatic ring is 1. The molecule has 0 aromatic carbocycles. The maximum Gasteiger partial charge on any atom is 0.352 e. The van der Waals surface area contributed by atoms with Crippen molar-refractivity contribution in [1.82, 2.24) is 25.4 Å². The number of nitrogens with two attached hydrogens (primary N) is 2. The number of β-lactam (4-membered cyclic amide) rings is 1. The zero-order valence-electron chi connectivity index (χ0n) is 18.9. The van der Waals surface area contributed by atoms with E-state index in [-0.39, 0.29) is 53.6 Å². The van der Waals surface area contributed by atoms with Crippen LogP contribution >= 0.6 is 71.0 Å². The summed E-state index contributed by atoms with van der Waals surface area (Å²) >= 11 is 5.19. The Morgan fingerprint density at radius 2 is 2.16 bits per heavy atom. The Morgan fingerprint density at radius 1 is 1.41 bits per heavy atom. The van der Waals surface area contributed by atoms with E-state index in [1.807, 2.05) is 0 Å². The third-order valence-electron chi connectivity index (χ3n) is 4.88. The quantitative estimate of drug-likeness (QED) is 0.126. The molecule has 6 N–H and O–H groups in total. The number of anilines is 1. The molecule has 1 saturated heterocycles. The van der Waals surface area contributed by atoms with Crippen LogP contribution in [0.15, 0.2) is 31.7 Å². The fourth-order valence-corrected chi connectivity index (χ4v) is 6.69. The first kappa shape index (κ1) is 31.1. The van der Waals surface area contributed by atoms with Gasteiger partial charge in [-0.05, 0) is 12.5 Å². The summed E-state index contributed by atoms with van der Waals surface area (Å²) < 4.78 is 0.704. The van der Waals surface area contributed by atoms with Gasteiger partial charge in [0, 0.05) is 23.4 Å². The van der Waals surface area contributed by atoms with E-state index >= 15 is 0 Å². The Labute approximate surface area is 239 Å². The molecule has 2 amide bonds. The summed E-state index contributed by atoms with van der Waals surface area (Å²) in [7, 11) is 0. The maximum atomic E-state index is 13.0. The average molecular weight is 630 g/mol. The molecule has 13 nitrogen and oxygen atoms in total. The molecule has 0 saturated carbocycles. The van der Waals surface area contributed by atoms with Gasteiger partial charge in [-0.1, -0.05) is 28.3 Å². The molecule has 2 aromatic heterocycles. The van der Waals surface area contributed by atoms with Gasteiger partial charge in [0.2, 0.25) is 0 Å². The summed E-state index contributed by atoms with van der Waals surface area (Å²) in [5.41, 5.74) is 13.4. The number of rotatable bonds is 10. The number of oxime groups is 1. The van der Waals surface area contributed by atoms with Crippen LogP contribution in [0.5, 0.6) is 0 Å². The first-order valence-electron chi connectivity index (χ1n) is 10.0. The van der Waals surface area contributed by atoms with Crippen molar-refractivity contribution in [3.8, 4) is 0 Å². The number of aromatic nitrogens is 3. The third-order valence-corrected chi connectivity index (χ3v) is 8.84. The average Bonchev–Trinajstić information content (AvgIpc) is 3.52. The van der Waals surface area contributed by atoms with E-state index in [2.05, 4.69) is 25.7 Å². The van der Waals surface area contributed by atoms with Gasteiger partial charge in [0.1, 0.15) is 34.4 Å². The lowest BCUT2D eigenvalue weighted by Crippen LogP contribution is -2.71. The number of carbonyl (C=O) groups excluding carboxylic acids is 2. The summed E-state index contributed by atoms with van der Waals surface area (Å²) in [5, 5.41) is 25.2. The summed E-state index contributed by atoms with van der Waals surface area (Å²) in [6, 6.07) is -0.938. The van der Waals surface area contributed by atoms with E-state index in [1.54, 1.807) is 17.8 Å². The van der Waals surface area contributed by atoms with E-state index < -0.39 is 35.3 Å². The molecule has 37 heavy (non-hydrogen) atoms. The molecular formula is C18H22Cl2N8O5S4. The normalized spacial score (nSPS) is 19.7. The van der Waals surface area contributed by atoms with Crippen LogP contribution in [0.25, 0.3) is 0 Å². The molecular weight excluding hydrogens is 607 g/mol. The number of hydrogen-bond acceptors (Lipinski definition) is 14. The molecule has 2 aliphatic rings. The van der Waals surface area contributed by atoms with Crippen LogP contribution in [0.1, 0.15) is 12.6 Å². The van der Waals surface area contributed by atoms with Gasteiger partial charge in [0.15, 0.2) is 15.2 Å². The maximum absolute atomic E-state index is 13.0. The molecule has 3 atom stereocenters. The van der Waals surface area contributed by atoms with Crippen LogP contribution < -0.4 is 16.8 Å². The number of carbonyl (C=O) groups is 3. The van der Waals surface area contributed by atoms with E-state index in [0.29, 0.717) is 21.4 Å². The monoisotopic (exact) mass is 628 g/mol. The van der Waals surface area contributed by atoms with E-state index in [9.17, 15) is 19.5 Å². The minimum Gasteiger partial charge on any atom is -0.477 e. The predicted molar refractivity (Wildman–Crippen MR) is 147 cm³/mol. The van der Waals surface area contributed by atoms with Gasteiger partial charge in [-0.3, -0.25) is 14.5 Å². The van der Waals surface area contributed by atoms with Crippen LogP contribution in [0, 0.1) is 0 Å². The van der Waals surface area contributed by atoms with Crippen LogP contribution in [0.4, 0.5) is 5.13 Å². The van der Waals surface area contributed by atoms with Gasteiger partial charge in [-0.25, -0.2) is 9.78 Å². The Morgan fingerprint density at radius 3 is 2.76 bits per heavy atom. The minimum absolute atomic E-state index is 0. The number of hydrogen-bond donors (Lipinski definition) is 4. The topological polar surface area (TPSA) is 199 Å². The molecule has 0 spiro atoms. The molecule has 202 valence electrons. The highest BCUT2D eigenvalue weighted by Gasteiger charge is 2.54. The number of nitrogens with zero attached hydrogens (tertiary/aromatic N) is 5. The van der Waals surface area contributed by atoms with Crippen molar-refractivity contribution < 1.29 is 24.3 Å². The smallest absolute Gasteiger partial charge is 0.352 e. The lowest BCUT2D eigenvalue weighted by molar-refractivity contribution is -0.150. The van der Waals surface area contributed by atoms with Crippen LogP contribution in [0.2, 0.25) is 0 Å². The zero-order valence-corrected chi connectivity index (χ0v) is 23.8. The number of carboxylic acid groups (broad SMARTS) is 1. The van der Waals surface area contributed by atoms with Gasteiger partial charge in [-0.15, -0.1) is 58.1 Å². The Bertz CT molecular complexity index is 1190. The summed E-state index contributed by atoms with van der Waals surface area (Å²) in [6.45, 7) is 1.86. The largest absolute Gasteiger partial charge is 0.477 e. The fourth-order valence-electron chi connectivity index (χ4n) is 3.17. The molecule has 0 radical (unpaired) electrons. The van der Waals surface area contributed by atoms with E-state index in [0.717, 1.165) is 11.3 Å². The SMILES string of the molecule is C[C@@H](CN)O/N=C(/C(=O)NC1C(=O)N2C(C(=O)O)=C(CSc3nncs3)CS[C@H]12)c1csc(N)n1.Cl.Cl. The standard InChI is InChI=1S/C18H20N8O5S4.2ClH/c1-7(2-19)31-25-10(9-5-33-17(20)22-9)13(27)23-11-14(28)26-12(16(29)30)8(3-32-15(11)26)4-34-18-24-21-6-35-18;;/h5-7,11,15H,2-4,19H2,1H3,(H2,20,22)(H,23,27)(H,29,30);2*1H/b25-10+;;/t7-,11?,15+;;/m0../s1. The van der Waals surface area contributed by atoms with Gasteiger partial charge in [0.05, 0.1) is 0 Å². The number of fused-ring (bicyclic) bond motifs is 1. The van der Waals surface area contributed by atoms with Crippen molar-refractivity contribution >= 4 is 99.6 Å². The second kappa shape index (κ2) is 13.6. The number of aliphatic carboxylic acids is 1. The number of carboxylic acids is 1. The fraction of sp³-hybridized carbons (Fsp3) is 0.389. The van der Waals surface area contributed by atoms with Crippen molar-refractivity contribution in [3.05, 3.63) is 27.9 Å². The lowest BCUT2D eigenvalue weighted by atomic mass is 10.0. The Balaban J connectivity index is 0.00000241. The van der Waals surface area contributed by atoms with Crippen molar-refractivity contribution in [2.45, 2.75) is 28.8 Å². The third kappa shape index (κ3) is 6.84. The predicted octanol–water partition coefficient (Wildman–Crippen LogP) is 1.02. The summed E-state index contributed by atoms with van der Waals surface area (Å²) in [6.07, 6.45) is -0.455. The molecule has 1 unspecified atom stereocenters. The highest BCUT2D eigenvalue weighted by Crippen LogP contribution is 2.41.